The third-order valence-electron chi connectivity index (χ3n) is 6.24. The van der Waals surface area contributed by atoms with E-state index in [1.807, 2.05) is 19.1 Å². The maximum atomic E-state index is 14.3. The number of hydrogen-bond donors (Lipinski definition) is 2. The molecule has 2 N–H and O–H groups in total. The molecule has 4 nitrogen and oxygen atoms in total. The molecular formula is C23H17Cl2FN2O2S. The maximum Gasteiger partial charge on any atom is 0.238 e. The Bertz CT molecular complexity index is 1240. The van der Waals surface area contributed by atoms with Gasteiger partial charge in [0.2, 0.25) is 11.8 Å². The molecule has 31 heavy (non-hydrogen) atoms. The van der Waals surface area contributed by atoms with E-state index in [9.17, 15) is 14.0 Å². The van der Waals surface area contributed by atoms with E-state index in [1.165, 1.54) is 23.5 Å². The zero-order valence-electron chi connectivity index (χ0n) is 16.3. The zero-order chi connectivity index (χ0) is 21.9. The lowest BCUT2D eigenvalue weighted by molar-refractivity contribution is -0.131. The summed E-state index contributed by atoms with van der Waals surface area (Å²) in [6, 6.07) is 12.5. The minimum atomic E-state index is -1.18. The Morgan fingerprint density at radius 3 is 2.65 bits per heavy atom. The molecule has 0 saturated carbocycles. The molecule has 8 heteroatoms. The van der Waals surface area contributed by atoms with Crippen LogP contribution in [-0.4, -0.2) is 11.8 Å². The molecule has 1 spiro atoms. The number of thiophene rings is 1. The van der Waals surface area contributed by atoms with Gasteiger partial charge in [0.15, 0.2) is 0 Å². The quantitative estimate of drug-likeness (QED) is 0.497. The number of aryl methyl sites for hydroxylation is 1. The number of carbonyl (C=O) groups is 2. The summed E-state index contributed by atoms with van der Waals surface area (Å²) < 4.78 is 14.9. The number of hydrogen-bond acceptors (Lipinski definition) is 3. The molecule has 0 bridgehead atoms. The molecule has 0 aliphatic carbocycles. The van der Waals surface area contributed by atoms with Crippen molar-refractivity contribution in [1.82, 2.24) is 5.32 Å². The Balaban J connectivity index is 1.83. The summed E-state index contributed by atoms with van der Waals surface area (Å²) in [5, 5.41) is 6.45. The van der Waals surface area contributed by atoms with Gasteiger partial charge in [-0.3, -0.25) is 9.59 Å². The third kappa shape index (κ3) is 3.08. The van der Waals surface area contributed by atoms with Crippen LogP contribution in [0.2, 0.25) is 9.36 Å². The molecule has 1 aromatic heterocycles. The smallest absolute Gasteiger partial charge is 0.238 e. The molecule has 0 radical (unpaired) electrons. The lowest BCUT2D eigenvalue weighted by Gasteiger charge is -2.46. The number of nitrogens with one attached hydrogen (secondary N) is 2. The molecule has 3 atom stereocenters. The van der Waals surface area contributed by atoms with E-state index in [4.69, 9.17) is 23.2 Å². The van der Waals surface area contributed by atoms with Gasteiger partial charge in [-0.15, -0.1) is 11.3 Å². The van der Waals surface area contributed by atoms with Gasteiger partial charge in [0.25, 0.3) is 0 Å². The summed E-state index contributed by atoms with van der Waals surface area (Å²) in [4.78, 5) is 27.5. The summed E-state index contributed by atoms with van der Waals surface area (Å²) in [5.41, 5.74) is 1.50. The van der Waals surface area contributed by atoms with Crippen LogP contribution in [0.15, 0.2) is 48.5 Å². The summed E-state index contributed by atoms with van der Waals surface area (Å²) in [5.74, 6) is -1.37. The summed E-state index contributed by atoms with van der Waals surface area (Å²) in [6.45, 7) is 1.84. The highest BCUT2D eigenvalue weighted by Crippen LogP contribution is 2.58. The van der Waals surface area contributed by atoms with Crippen LogP contribution in [0.3, 0.4) is 0 Å². The molecular weight excluding hydrogens is 458 g/mol. The van der Waals surface area contributed by atoms with Gasteiger partial charge in [-0.25, -0.2) is 4.39 Å². The third-order valence-corrected chi connectivity index (χ3v) is 7.82. The Morgan fingerprint density at radius 2 is 1.90 bits per heavy atom. The highest BCUT2D eigenvalue weighted by Gasteiger charge is 2.61. The van der Waals surface area contributed by atoms with Crippen LogP contribution in [0.4, 0.5) is 10.1 Å². The average molecular weight is 475 g/mol. The number of piperidine rings is 1. The van der Waals surface area contributed by atoms with E-state index < -0.39 is 23.2 Å². The number of benzene rings is 2. The van der Waals surface area contributed by atoms with Crippen molar-refractivity contribution in [2.24, 2.45) is 0 Å². The van der Waals surface area contributed by atoms with E-state index >= 15 is 0 Å². The Labute approximate surface area is 192 Å². The molecule has 5 rings (SSSR count). The first-order valence-electron chi connectivity index (χ1n) is 9.73. The second kappa shape index (κ2) is 7.33. The van der Waals surface area contributed by atoms with Crippen molar-refractivity contribution < 1.29 is 14.0 Å². The monoisotopic (exact) mass is 474 g/mol. The molecule has 1 saturated heterocycles. The summed E-state index contributed by atoms with van der Waals surface area (Å²) in [7, 11) is 0. The van der Waals surface area contributed by atoms with Gasteiger partial charge < -0.3 is 10.6 Å². The predicted molar refractivity (Wildman–Crippen MR) is 120 cm³/mol. The van der Waals surface area contributed by atoms with Crippen LogP contribution in [0, 0.1) is 12.7 Å². The van der Waals surface area contributed by atoms with Crippen molar-refractivity contribution in [3.05, 3.63) is 85.3 Å². The largest absolute Gasteiger partial charge is 0.348 e. The van der Waals surface area contributed by atoms with E-state index in [1.54, 1.807) is 24.3 Å². The van der Waals surface area contributed by atoms with Crippen LogP contribution in [-0.2, 0) is 15.0 Å². The Morgan fingerprint density at radius 1 is 1.10 bits per heavy atom. The van der Waals surface area contributed by atoms with Gasteiger partial charge in [-0.2, -0.15) is 0 Å². The summed E-state index contributed by atoms with van der Waals surface area (Å²) in [6.07, 6.45) is 0.108. The maximum absolute atomic E-state index is 14.3. The first kappa shape index (κ1) is 20.5. The second-order valence-corrected chi connectivity index (χ2v) is 10.1. The standard InChI is InChI=1S/C23H17Cl2FN2O2S/c1-11-2-4-13(26)9-14(11)21-23(15-5-3-12(24)8-17(15)27-22(23)30)16(10-20(29)28-21)18-6-7-19(25)31-18/h2-9,16,21H,10H2,1H3,(H,27,30)(H,28,29)/t16-,21+,23-/m0/s1. The van der Waals surface area contributed by atoms with E-state index in [-0.39, 0.29) is 18.2 Å². The number of anilines is 1. The first-order valence-corrected chi connectivity index (χ1v) is 11.3. The Hall–Kier alpha value is -2.41. The topological polar surface area (TPSA) is 58.2 Å². The van der Waals surface area contributed by atoms with Crippen LogP contribution in [0.5, 0.6) is 0 Å². The van der Waals surface area contributed by atoms with Crippen LogP contribution >= 0.6 is 34.5 Å². The van der Waals surface area contributed by atoms with Crippen molar-refractivity contribution in [2.45, 2.75) is 30.7 Å². The van der Waals surface area contributed by atoms with E-state index in [0.29, 0.717) is 20.6 Å². The minimum Gasteiger partial charge on any atom is -0.348 e. The van der Waals surface area contributed by atoms with E-state index in [0.717, 1.165) is 16.0 Å². The highest BCUT2D eigenvalue weighted by atomic mass is 35.5. The van der Waals surface area contributed by atoms with Gasteiger partial charge in [0.05, 0.1) is 10.4 Å². The molecule has 2 aliphatic rings. The SMILES string of the molecule is Cc1ccc(F)cc1[C@H]1NC(=O)C[C@@H](c2ccc(Cl)s2)[C@]12C(=O)Nc1cc(Cl)ccc12. The number of carbonyl (C=O) groups excluding carboxylic acids is 2. The fraction of sp³-hybridized carbons (Fsp3) is 0.217. The fourth-order valence-corrected chi connectivity index (χ4v) is 6.34. The molecule has 158 valence electrons. The van der Waals surface area contributed by atoms with Crippen molar-refractivity contribution in [1.29, 1.82) is 0 Å². The molecule has 2 aromatic carbocycles. The number of rotatable bonds is 2. The Kier molecular flexibility index (Phi) is 4.84. The molecule has 3 aromatic rings. The van der Waals surface area contributed by atoms with Crippen LogP contribution < -0.4 is 10.6 Å². The number of halogens is 3. The van der Waals surface area contributed by atoms with Gasteiger partial charge >= 0.3 is 0 Å². The minimum absolute atomic E-state index is 0.108. The van der Waals surface area contributed by atoms with Crippen molar-refractivity contribution in [2.75, 3.05) is 5.32 Å². The van der Waals surface area contributed by atoms with E-state index in [2.05, 4.69) is 10.6 Å². The summed E-state index contributed by atoms with van der Waals surface area (Å²) >= 11 is 13.8. The van der Waals surface area contributed by atoms with Gasteiger partial charge in [-0.1, -0.05) is 35.3 Å². The number of fused-ring (bicyclic) bond motifs is 2. The fourth-order valence-electron chi connectivity index (χ4n) is 4.93. The van der Waals surface area contributed by atoms with Gasteiger partial charge in [0.1, 0.15) is 11.2 Å². The number of amides is 2. The van der Waals surface area contributed by atoms with Crippen LogP contribution in [0.1, 0.15) is 39.9 Å². The zero-order valence-corrected chi connectivity index (χ0v) is 18.7. The average Bonchev–Trinajstić information content (AvgIpc) is 3.27. The van der Waals surface area contributed by atoms with Crippen molar-refractivity contribution >= 4 is 52.0 Å². The van der Waals surface area contributed by atoms with Crippen molar-refractivity contribution in [3.8, 4) is 0 Å². The highest BCUT2D eigenvalue weighted by molar-refractivity contribution is 7.16. The van der Waals surface area contributed by atoms with Gasteiger partial charge in [-0.05, 0) is 60.0 Å². The second-order valence-electron chi connectivity index (χ2n) is 7.91. The molecule has 2 aliphatic heterocycles. The lowest BCUT2D eigenvalue weighted by Crippen LogP contribution is -2.56. The van der Waals surface area contributed by atoms with Crippen molar-refractivity contribution in [3.63, 3.8) is 0 Å². The molecule has 2 amide bonds. The normalized spacial score (nSPS) is 24.8. The van der Waals surface area contributed by atoms with Crippen LogP contribution in [0.25, 0.3) is 0 Å². The molecule has 0 unspecified atom stereocenters. The lowest BCUT2D eigenvalue weighted by atomic mass is 9.60. The molecule has 1 fully saturated rings. The predicted octanol–water partition coefficient (Wildman–Crippen LogP) is 5.74. The van der Waals surface area contributed by atoms with Gasteiger partial charge in [0, 0.05) is 27.9 Å². The molecule has 3 heterocycles. The first-order chi connectivity index (χ1) is 14.8.